The second kappa shape index (κ2) is 6.02. The first-order valence-corrected chi connectivity index (χ1v) is 7.99. The van der Waals surface area contributed by atoms with Gasteiger partial charge in [-0.15, -0.1) is 0 Å². The Kier molecular flexibility index (Phi) is 4.07. The third-order valence-electron chi connectivity index (χ3n) is 4.71. The lowest BCUT2D eigenvalue weighted by atomic mass is 9.84. The lowest BCUT2D eigenvalue weighted by molar-refractivity contribution is -0.128. The highest BCUT2D eigenvalue weighted by Crippen LogP contribution is 2.39. The van der Waals surface area contributed by atoms with Crippen molar-refractivity contribution >= 4 is 17.7 Å². The van der Waals surface area contributed by atoms with Crippen molar-refractivity contribution in [3.8, 4) is 0 Å². The van der Waals surface area contributed by atoms with Gasteiger partial charge in [0.25, 0.3) is 5.91 Å². The van der Waals surface area contributed by atoms with E-state index >= 15 is 0 Å². The molecular formula is C17H21N3O3. The highest BCUT2D eigenvalue weighted by Gasteiger charge is 2.53. The van der Waals surface area contributed by atoms with Gasteiger partial charge in [0.15, 0.2) is 0 Å². The number of carbonyl (C=O) groups excluding carboxylic acids is 3. The molecule has 1 spiro atoms. The van der Waals surface area contributed by atoms with Crippen LogP contribution in [0.15, 0.2) is 30.3 Å². The second-order valence-corrected chi connectivity index (χ2v) is 6.25. The average Bonchev–Trinajstić information content (AvgIpc) is 3.13. The number of rotatable bonds is 3. The molecule has 2 N–H and O–H groups in total. The molecule has 3 amide bonds. The number of nitrogens with zero attached hydrogens (tertiary/aromatic N) is 1. The molecule has 122 valence electrons. The van der Waals surface area contributed by atoms with Gasteiger partial charge in [-0.2, -0.15) is 0 Å². The first kappa shape index (κ1) is 15.5. The maximum Gasteiger partial charge on any atom is 0.253 e. The molecule has 0 bridgehead atoms. The fourth-order valence-electron chi connectivity index (χ4n) is 3.46. The van der Waals surface area contributed by atoms with Crippen LogP contribution in [0.1, 0.15) is 30.1 Å². The molecule has 2 saturated heterocycles. The number of hydrogen-bond acceptors (Lipinski definition) is 3. The van der Waals surface area contributed by atoms with E-state index in [1.165, 1.54) is 0 Å². The molecule has 23 heavy (non-hydrogen) atoms. The van der Waals surface area contributed by atoms with Crippen molar-refractivity contribution in [3.63, 3.8) is 0 Å². The molecule has 0 saturated carbocycles. The van der Waals surface area contributed by atoms with Gasteiger partial charge in [-0.05, 0) is 31.9 Å². The van der Waals surface area contributed by atoms with Gasteiger partial charge in [-0.1, -0.05) is 18.2 Å². The predicted molar refractivity (Wildman–Crippen MR) is 84.6 cm³/mol. The van der Waals surface area contributed by atoms with Gasteiger partial charge in [0.1, 0.15) is 6.04 Å². The fraction of sp³-hybridized carbons (Fsp3) is 0.471. The first-order valence-electron chi connectivity index (χ1n) is 7.99. The van der Waals surface area contributed by atoms with Crippen molar-refractivity contribution in [2.45, 2.75) is 25.8 Å². The molecule has 6 heteroatoms. The van der Waals surface area contributed by atoms with Crippen molar-refractivity contribution in [2.24, 2.45) is 5.41 Å². The normalized spacial score (nSPS) is 26.4. The van der Waals surface area contributed by atoms with E-state index in [4.69, 9.17) is 0 Å². The Morgan fingerprint density at radius 3 is 2.78 bits per heavy atom. The number of amides is 3. The van der Waals surface area contributed by atoms with Crippen LogP contribution in [0.2, 0.25) is 0 Å². The lowest BCUT2D eigenvalue weighted by Crippen LogP contribution is -2.41. The summed E-state index contributed by atoms with van der Waals surface area (Å²) in [5.41, 5.74) is 0.00318. The largest absolute Gasteiger partial charge is 0.355 e. The Bertz CT molecular complexity index is 631. The molecule has 0 aromatic heterocycles. The molecule has 2 aliphatic heterocycles. The van der Waals surface area contributed by atoms with Crippen molar-refractivity contribution in [1.82, 2.24) is 15.5 Å². The summed E-state index contributed by atoms with van der Waals surface area (Å²) in [6, 6.07) is 8.58. The van der Waals surface area contributed by atoms with Gasteiger partial charge < -0.3 is 15.5 Å². The average molecular weight is 315 g/mol. The highest BCUT2D eigenvalue weighted by atomic mass is 16.2. The van der Waals surface area contributed by atoms with Crippen molar-refractivity contribution < 1.29 is 14.4 Å². The Labute approximate surface area is 135 Å². The molecule has 0 unspecified atom stereocenters. The summed E-state index contributed by atoms with van der Waals surface area (Å²) in [6.07, 6.45) is 1.06. The molecular weight excluding hydrogens is 294 g/mol. The Balaban J connectivity index is 1.70. The van der Waals surface area contributed by atoms with E-state index in [9.17, 15) is 14.4 Å². The topological polar surface area (TPSA) is 78.5 Å². The lowest BCUT2D eigenvalue weighted by Gasteiger charge is -2.21. The highest BCUT2D eigenvalue weighted by molar-refractivity contribution is 5.97. The molecule has 1 aromatic carbocycles. The quantitative estimate of drug-likeness (QED) is 0.855. The standard InChI is InChI=1S/C17H21N3O3/c1-2-18-14(21)13-10-17(16(23)19-13)8-9-20(11-17)15(22)12-6-4-3-5-7-12/h3-7,13H,2,8-11H2,1H3,(H,18,21)(H,19,23)/t13-,17+/m0/s1. The zero-order valence-corrected chi connectivity index (χ0v) is 13.2. The van der Waals surface area contributed by atoms with Crippen LogP contribution < -0.4 is 10.6 Å². The van der Waals surface area contributed by atoms with E-state index in [1.54, 1.807) is 17.0 Å². The molecule has 0 radical (unpaired) electrons. The van der Waals surface area contributed by atoms with E-state index in [0.717, 1.165) is 0 Å². The molecule has 1 aromatic rings. The monoisotopic (exact) mass is 315 g/mol. The van der Waals surface area contributed by atoms with Crippen LogP contribution in [-0.2, 0) is 9.59 Å². The van der Waals surface area contributed by atoms with Crippen LogP contribution in [0.5, 0.6) is 0 Å². The summed E-state index contributed by atoms with van der Waals surface area (Å²) < 4.78 is 0. The molecule has 2 fully saturated rings. The van der Waals surface area contributed by atoms with Crippen molar-refractivity contribution in [2.75, 3.05) is 19.6 Å². The third kappa shape index (κ3) is 2.81. The van der Waals surface area contributed by atoms with E-state index in [1.807, 2.05) is 25.1 Å². The molecule has 2 aliphatic rings. The van der Waals surface area contributed by atoms with E-state index < -0.39 is 11.5 Å². The summed E-state index contributed by atoms with van der Waals surface area (Å²) in [6.45, 7) is 3.31. The second-order valence-electron chi connectivity index (χ2n) is 6.25. The minimum atomic E-state index is -0.625. The molecule has 2 atom stereocenters. The van der Waals surface area contributed by atoms with Gasteiger partial charge in [0.2, 0.25) is 11.8 Å². The van der Waals surface area contributed by atoms with Crippen molar-refractivity contribution in [1.29, 1.82) is 0 Å². The van der Waals surface area contributed by atoms with Crippen LogP contribution in [-0.4, -0.2) is 48.3 Å². The predicted octanol–water partition coefficient (Wildman–Crippen LogP) is 0.543. The van der Waals surface area contributed by atoms with Crippen molar-refractivity contribution in [3.05, 3.63) is 35.9 Å². The maximum atomic E-state index is 12.5. The maximum absolute atomic E-state index is 12.5. The van der Waals surface area contributed by atoms with Gasteiger partial charge in [-0.25, -0.2) is 0 Å². The summed E-state index contributed by atoms with van der Waals surface area (Å²) in [4.78, 5) is 38.6. The van der Waals surface area contributed by atoms with E-state index in [-0.39, 0.29) is 17.7 Å². The number of nitrogens with one attached hydrogen (secondary N) is 2. The number of benzene rings is 1. The third-order valence-corrected chi connectivity index (χ3v) is 4.71. The molecule has 6 nitrogen and oxygen atoms in total. The first-order chi connectivity index (χ1) is 11.1. The number of hydrogen-bond donors (Lipinski definition) is 2. The zero-order chi connectivity index (χ0) is 16.4. The number of likely N-dealkylation sites (tertiary alicyclic amines) is 1. The zero-order valence-electron chi connectivity index (χ0n) is 13.2. The summed E-state index contributed by atoms with van der Waals surface area (Å²) in [5.74, 6) is -0.320. The minimum absolute atomic E-state index is 0.0586. The van der Waals surface area contributed by atoms with Gasteiger partial charge in [-0.3, -0.25) is 14.4 Å². The SMILES string of the molecule is CCNC(=O)[C@@H]1C[C@@]2(CCN(C(=O)c3ccccc3)C2)C(=O)N1. The molecule has 2 heterocycles. The smallest absolute Gasteiger partial charge is 0.253 e. The van der Waals surface area contributed by atoms with Crippen LogP contribution in [0, 0.1) is 5.41 Å². The Morgan fingerprint density at radius 1 is 1.35 bits per heavy atom. The summed E-state index contributed by atoms with van der Waals surface area (Å²) in [5, 5.41) is 5.52. The van der Waals surface area contributed by atoms with Crippen LogP contribution in [0.25, 0.3) is 0 Å². The molecule has 3 rings (SSSR count). The number of carbonyl (C=O) groups is 3. The summed E-state index contributed by atoms with van der Waals surface area (Å²) >= 11 is 0. The summed E-state index contributed by atoms with van der Waals surface area (Å²) in [7, 11) is 0. The van der Waals surface area contributed by atoms with E-state index in [2.05, 4.69) is 10.6 Å². The minimum Gasteiger partial charge on any atom is -0.355 e. The van der Waals surface area contributed by atoms with E-state index in [0.29, 0.717) is 38.0 Å². The van der Waals surface area contributed by atoms with Crippen LogP contribution in [0.4, 0.5) is 0 Å². The number of likely N-dealkylation sites (N-methyl/N-ethyl adjacent to an activating group) is 1. The van der Waals surface area contributed by atoms with Crippen LogP contribution in [0.3, 0.4) is 0 Å². The fourth-order valence-corrected chi connectivity index (χ4v) is 3.46. The van der Waals surface area contributed by atoms with Gasteiger partial charge in [0.05, 0.1) is 5.41 Å². The molecule has 0 aliphatic carbocycles. The van der Waals surface area contributed by atoms with Gasteiger partial charge in [0, 0.05) is 25.2 Å². The van der Waals surface area contributed by atoms with Gasteiger partial charge >= 0.3 is 0 Å². The Hall–Kier alpha value is -2.37. The Morgan fingerprint density at radius 2 is 2.09 bits per heavy atom. The van der Waals surface area contributed by atoms with Crippen LogP contribution >= 0.6 is 0 Å².